The topological polar surface area (TPSA) is 89.3 Å². The normalized spacial score (nSPS) is 10.8. The number of unbranched alkanes of at least 4 members (excludes halogenated alkanes) is 1. The van der Waals surface area contributed by atoms with Crippen LogP contribution in [0.1, 0.15) is 19.3 Å². The third-order valence-corrected chi connectivity index (χ3v) is 1.29. The summed E-state index contributed by atoms with van der Waals surface area (Å²) in [5, 5.41) is 8.33. The van der Waals surface area contributed by atoms with Gasteiger partial charge in [0.2, 0.25) is 0 Å². The van der Waals surface area contributed by atoms with Crippen LogP contribution in [0.25, 0.3) is 0 Å². The van der Waals surface area contributed by atoms with Crippen molar-refractivity contribution in [3.63, 3.8) is 0 Å². The number of aliphatic carboxylic acids is 1. The van der Waals surface area contributed by atoms with Crippen LogP contribution >= 0.6 is 12.4 Å². The molecule has 5 N–H and O–H groups in total. The molecule has 0 aromatic rings. The Balaban J connectivity index is -0.000000405. The van der Waals surface area contributed by atoms with Crippen LogP contribution in [-0.2, 0) is 4.79 Å². The van der Waals surface area contributed by atoms with Crippen LogP contribution in [0.5, 0.6) is 0 Å². The summed E-state index contributed by atoms with van der Waals surface area (Å²) in [4.78, 5) is 10.1. The van der Waals surface area contributed by atoms with Gasteiger partial charge in [-0.3, -0.25) is 4.79 Å². The van der Waals surface area contributed by atoms with Crippen LogP contribution in [0.2, 0.25) is 0 Å². The van der Waals surface area contributed by atoms with Gasteiger partial charge in [0.05, 0.1) is 0 Å². The number of carbonyl (C=O) groups is 1. The Morgan fingerprint density at radius 2 is 1.92 bits per heavy atom. The van der Waals surface area contributed by atoms with Crippen molar-refractivity contribution in [1.29, 1.82) is 0 Å². The first kappa shape index (κ1) is 18.7. The summed E-state index contributed by atoms with van der Waals surface area (Å²) >= 11 is 0. The van der Waals surface area contributed by atoms with Gasteiger partial charge >= 0.3 is 5.97 Å². The first-order chi connectivity index (χ1) is 4.68. The third-order valence-electron chi connectivity index (χ3n) is 1.29. The van der Waals surface area contributed by atoms with E-state index in [4.69, 9.17) is 16.6 Å². The fourth-order valence-corrected chi connectivity index (χ4v) is 0.632. The molecule has 12 heavy (non-hydrogen) atoms. The van der Waals surface area contributed by atoms with E-state index >= 15 is 0 Å². The van der Waals surface area contributed by atoms with E-state index in [9.17, 15) is 4.79 Å². The van der Waals surface area contributed by atoms with Crippen molar-refractivity contribution < 1.29 is 9.90 Å². The number of rotatable bonds is 5. The average Bonchev–Trinajstić information content (AvgIpc) is 1.88. The van der Waals surface area contributed by atoms with E-state index in [2.05, 4.69) is 0 Å². The number of hydrogen-bond acceptors (Lipinski definition) is 3. The summed E-state index contributed by atoms with van der Waals surface area (Å²) in [6.45, 7) is 0.604. The molecule has 0 fully saturated rings. The van der Waals surface area contributed by atoms with Gasteiger partial charge in [-0.1, -0.05) is 6.42 Å². The Kier molecular flexibility index (Phi) is 18.6. The van der Waals surface area contributed by atoms with E-state index in [0.29, 0.717) is 13.0 Å². The van der Waals surface area contributed by atoms with Crippen molar-refractivity contribution >= 4 is 56.1 Å². The molecule has 0 aliphatic carbocycles. The van der Waals surface area contributed by atoms with E-state index in [-0.39, 0.29) is 50.1 Å². The van der Waals surface area contributed by atoms with E-state index in [1.807, 2.05) is 0 Å². The van der Waals surface area contributed by atoms with Gasteiger partial charge in [0, 0.05) is 37.7 Å². The molecule has 0 aliphatic rings. The number of carboxylic acid groups (broad SMARTS) is 1. The largest absolute Gasteiger partial charge is 0.480 e. The molecule has 0 bridgehead atoms. The van der Waals surface area contributed by atoms with Gasteiger partial charge in [0.1, 0.15) is 6.04 Å². The van der Waals surface area contributed by atoms with Crippen molar-refractivity contribution in [3.8, 4) is 0 Å². The Bertz CT molecular complexity index is 116. The van der Waals surface area contributed by atoms with Crippen LogP contribution in [0.4, 0.5) is 0 Å². The maximum absolute atomic E-state index is 10.1. The van der Waals surface area contributed by atoms with Crippen LogP contribution in [0.3, 0.4) is 0 Å². The van der Waals surface area contributed by atoms with Crippen LogP contribution in [0.15, 0.2) is 0 Å². The first-order valence-electron chi connectivity index (χ1n) is 3.37. The monoisotopic (exact) mass is 222 g/mol. The molecule has 4 nitrogen and oxygen atoms in total. The van der Waals surface area contributed by atoms with Gasteiger partial charge in [0.25, 0.3) is 0 Å². The van der Waals surface area contributed by atoms with Gasteiger partial charge in [0.15, 0.2) is 0 Å². The molecule has 6 heteroatoms. The van der Waals surface area contributed by atoms with Crippen LogP contribution < -0.4 is 11.5 Å². The number of hydrogen-bond donors (Lipinski definition) is 3. The zero-order chi connectivity index (χ0) is 7.98. The molecule has 0 unspecified atom stereocenters. The fourth-order valence-electron chi connectivity index (χ4n) is 0.632. The molecule has 1 atom stereocenters. The van der Waals surface area contributed by atoms with Gasteiger partial charge in [-0.25, -0.2) is 0 Å². The summed E-state index contributed by atoms with van der Waals surface area (Å²) < 4.78 is 0. The minimum Gasteiger partial charge on any atom is -0.480 e. The second kappa shape index (κ2) is 11.9. The average molecular weight is 223 g/mol. The van der Waals surface area contributed by atoms with Gasteiger partial charge in [-0.15, -0.1) is 12.4 Å². The van der Waals surface area contributed by atoms with Gasteiger partial charge in [-0.2, -0.15) is 0 Å². The molecule has 0 spiro atoms. The quantitative estimate of drug-likeness (QED) is 0.435. The zero-order valence-electron chi connectivity index (χ0n) is 7.03. The summed E-state index contributed by atoms with van der Waals surface area (Å²) in [5.74, 6) is -0.933. The predicted octanol–water partition coefficient (Wildman–Crippen LogP) is -0.432. The second-order valence-corrected chi connectivity index (χ2v) is 2.23. The molecule has 0 aromatic carbocycles. The van der Waals surface area contributed by atoms with Crippen molar-refractivity contribution in [3.05, 3.63) is 0 Å². The Labute approximate surface area is 108 Å². The minimum absolute atomic E-state index is 0. The molecule has 0 heterocycles. The number of nitrogens with two attached hydrogens (primary N) is 2. The predicted molar refractivity (Wildman–Crippen MR) is 51.5 cm³/mol. The smallest absolute Gasteiger partial charge is 0.320 e. The maximum Gasteiger partial charge on any atom is 0.320 e. The zero-order valence-corrected chi connectivity index (χ0v) is 10.1. The van der Waals surface area contributed by atoms with Crippen molar-refractivity contribution in [2.24, 2.45) is 11.5 Å². The molecule has 0 saturated heterocycles. The Hall–Kier alpha value is 0.940. The number of carboxylic acids is 1. The third kappa shape index (κ3) is 10.9. The first-order valence-corrected chi connectivity index (χ1v) is 3.37. The molecule has 0 aromatic heterocycles. The molecule has 2 radical (unpaired) electrons. The molecular formula is C6H15CaClN2O2. The standard InChI is InChI=1S/C6H14N2O2.Ca.ClH/c7-4-2-1-3-5(8)6(9)10;;/h5H,1-4,7-8H2,(H,9,10);;1H/t5-;;/m0../s1. The van der Waals surface area contributed by atoms with Gasteiger partial charge < -0.3 is 16.6 Å². The summed E-state index contributed by atoms with van der Waals surface area (Å²) in [5.41, 5.74) is 10.4. The van der Waals surface area contributed by atoms with Gasteiger partial charge in [-0.05, 0) is 19.4 Å². The molecule has 0 amide bonds. The molecule has 0 rings (SSSR count). The van der Waals surface area contributed by atoms with Crippen molar-refractivity contribution in [2.75, 3.05) is 6.54 Å². The molecule has 0 saturated carbocycles. The van der Waals surface area contributed by atoms with Crippen molar-refractivity contribution in [1.82, 2.24) is 0 Å². The SMILES string of the molecule is Cl.NCCCC[C@H](N)C(=O)O.[Ca]. The van der Waals surface area contributed by atoms with E-state index in [1.165, 1.54) is 0 Å². The summed E-state index contributed by atoms with van der Waals surface area (Å²) in [6, 6.07) is -0.716. The maximum atomic E-state index is 10.1. The minimum atomic E-state index is -0.933. The summed E-state index contributed by atoms with van der Waals surface area (Å²) in [7, 11) is 0. The Morgan fingerprint density at radius 1 is 1.42 bits per heavy atom. The van der Waals surface area contributed by atoms with Crippen LogP contribution in [0, 0.1) is 0 Å². The Morgan fingerprint density at radius 3 is 2.25 bits per heavy atom. The van der Waals surface area contributed by atoms with Crippen molar-refractivity contribution in [2.45, 2.75) is 25.3 Å². The molecular weight excluding hydrogens is 208 g/mol. The fraction of sp³-hybridized carbons (Fsp3) is 0.833. The summed E-state index contributed by atoms with van der Waals surface area (Å²) in [6.07, 6.45) is 2.16. The van der Waals surface area contributed by atoms with E-state index < -0.39 is 12.0 Å². The van der Waals surface area contributed by atoms with E-state index in [0.717, 1.165) is 12.8 Å². The van der Waals surface area contributed by atoms with E-state index in [1.54, 1.807) is 0 Å². The molecule has 70 valence electrons. The number of halogens is 1. The molecule has 0 aliphatic heterocycles. The second-order valence-electron chi connectivity index (χ2n) is 2.23. The van der Waals surface area contributed by atoms with Crippen LogP contribution in [-0.4, -0.2) is 61.4 Å².